The van der Waals surface area contributed by atoms with Crippen molar-refractivity contribution in [2.75, 3.05) is 92.2 Å². The maximum absolute atomic E-state index is 12.8. The third-order valence-electron chi connectivity index (χ3n) is 5.67. The van der Waals surface area contributed by atoms with E-state index in [1.165, 1.54) is 0 Å². The van der Waals surface area contributed by atoms with E-state index >= 15 is 0 Å². The fraction of sp³-hybridized carbons (Fsp3) is 0.778. The predicted molar refractivity (Wildman–Crippen MR) is 144 cm³/mol. The molecule has 1 heterocycles. The lowest BCUT2D eigenvalue weighted by Gasteiger charge is -2.18. The van der Waals surface area contributed by atoms with Crippen LogP contribution in [0.15, 0.2) is 11.6 Å². The van der Waals surface area contributed by atoms with Gasteiger partial charge >= 0.3 is 0 Å². The van der Waals surface area contributed by atoms with E-state index in [4.69, 9.17) is 23.7 Å². The van der Waals surface area contributed by atoms with E-state index in [0.717, 1.165) is 0 Å². The molecule has 0 radical (unpaired) electrons. The number of carbonyl (C=O) groups excluding carboxylic acids is 3. The molecule has 1 fully saturated rings. The van der Waals surface area contributed by atoms with Crippen molar-refractivity contribution in [1.29, 1.82) is 5.26 Å². The SMILES string of the molecule is C[C@@H]1CN(C(=O)/C(C#N)=C/C(C)(C)C)C[C@H]1C(=O)NCCOCCOCCOCCOCCOCCNC=O. The second-order valence-corrected chi connectivity index (χ2v) is 10.3. The van der Waals surface area contributed by atoms with Crippen LogP contribution in [0.2, 0.25) is 0 Å². The average Bonchev–Trinajstić information content (AvgIpc) is 3.29. The lowest BCUT2D eigenvalue weighted by molar-refractivity contribution is -0.127. The summed E-state index contributed by atoms with van der Waals surface area (Å²) >= 11 is 0. The number of ether oxygens (including phenoxy) is 5. The Morgan fingerprint density at radius 1 is 0.872 bits per heavy atom. The summed E-state index contributed by atoms with van der Waals surface area (Å²) in [5.41, 5.74) is -0.169. The van der Waals surface area contributed by atoms with Crippen molar-refractivity contribution < 1.29 is 38.1 Å². The third kappa shape index (κ3) is 16.2. The smallest absolute Gasteiger partial charge is 0.264 e. The van der Waals surface area contributed by atoms with E-state index in [9.17, 15) is 19.6 Å². The summed E-state index contributed by atoms with van der Waals surface area (Å²) in [4.78, 5) is 37.0. The Morgan fingerprint density at radius 3 is 1.82 bits per heavy atom. The van der Waals surface area contributed by atoms with Gasteiger partial charge in [-0.2, -0.15) is 5.26 Å². The quantitative estimate of drug-likeness (QED) is 0.0896. The minimum absolute atomic E-state index is 0.00309. The zero-order chi connectivity index (χ0) is 28.9. The number of allylic oxidation sites excluding steroid dienone is 1. The second-order valence-electron chi connectivity index (χ2n) is 10.3. The van der Waals surface area contributed by atoms with Crippen LogP contribution in [0.25, 0.3) is 0 Å². The van der Waals surface area contributed by atoms with Crippen molar-refractivity contribution in [3.8, 4) is 6.07 Å². The van der Waals surface area contributed by atoms with Crippen LogP contribution in [0.5, 0.6) is 0 Å². The van der Waals surface area contributed by atoms with Crippen LogP contribution in [-0.4, -0.2) is 115 Å². The Bertz CT molecular complexity index is 794. The fourth-order valence-electron chi connectivity index (χ4n) is 3.77. The number of rotatable bonds is 21. The largest absolute Gasteiger partial charge is 0.377 e. The molecule has 222 valence electrons. The molecule has 0 unspecified atom stereocenters. The Labute approximate surface area is 232 Å². The Hall–Kier alpha value is -2.56. The molecule has 0 aromatic heterocycles. The van der Waals surface area contributed by atoms with Gasteiger partial charge in [0.2, 0.25) is 12.3 Å². The molecule has 2 N–H and O–H groups in total. The monoisotopic (exact) mass is 554 g/mol. The summed E-state index contributed by atoms with van der Waals surface area (Å²) in [7, 11) is 0. The first kappa shape index (κ1) is 34.5. The molecule has 0 spiro atoms. The Balaban J connectivity index is 2.02. The van der Waals surface area contributed by atoms with Gasteiger partial charge < -0.3 is 39.2 Å². The van der Waals surface area contributed by atoms with Crippen molar-refractivity contribution in [3.63, 3.8) is 0 Å². The molecule has 2 atom stereocenters. The van der Waals surface area contributed by atoms with Crippen LogP contribution in [0, 0.1) is 28.6 Å². The number of nitrogens with one attached hydrogen (secondary N) is 2. The van der Waals surface area contributed by atoms with Gasteiger partial charge in [-0.25, -0.2) is 0 Å². The van der Waals surface area contributed by atoms with E-state index in [-0.39, 0.29) is 34.6 Å². The van der Waals surface area contributed by atoms with E-state index in [1.807, 2.05) is 33.8 Å². The maximum atomic E-state index is 12.8. The average molecular weight is 555 g/mol. The van der Waals surface area contributed by atoms with E-state index in [1.54, 1.807) is 11.0 Å². The molecular formula is C27H46N4O8. The zero-order valence-electron chi connectivity index (χ0n) is 23.9. The summed E-state index contributed by atoms with van der Waals surface area (Å²) in [5.74, 6) is -0.748. The molecule has 1 aliphatic heterocycles. The van der Waals surface area contributed by atoms with Crippen molar-refractivity contribution in [1.82, 2.24) is 15.5 Å². The lowest BCUT2D eigenvalue weighted by atomic mass is 9.93. The standard InChI is InChI=1S/C27H46N4O8/c1-22-19-31(26(34)23(18-28)17-27(2,3)4)20-24(22)25(33)30-6-8-36-10-12-38-14-16-39-15-13-37-11-9-35-7-5-29-21-32/h17,21-22,24H,5-16,19-20H2,1-4H3,(H,29,32)(H,30,33)/b23-17+/t22-,24-/m1/s1. The van der Waals surface area contributed by atoms with Crippen LogP contribution in [-0.2, 0) is 38.1 Å². The molecule has 12 heteroatoms. The number of hydrogen-bond acceptors (Lipinski definition) is 9. The van der Waals surface area contributed by atoms with Crippen molar-refractivity contribution >= 4 is 18.2 Å². The van der Waals surface area contributed by atoms with Gasteiger partial charge in [-0.15, -0.1) is 0 Å². The predicted octanol–water partition coefficient (Wildman–Crippen LogP) is 0.522. The van der Waals surface area contributed by atoms with Crippen molar-refractivity contribution in [2.45, 2.75) is 27.7 Å². The van der Waals surface area contributed by atoms with Gasteiger partial charge in [0.15, 0.2) is 0 Å². The van der Waals surface area contributed by atoms with E-state index in [2.05, 4.69) is 10.6 Å². The second kappa shape index (κ2) is 20.4. The van der Waals surface area contributed by atoms with Crippen LogP contribution in [0.3, 0.4) is 0 Å². The van der Waals surface area contributed by atoms with Gasteiger partial charge in [-0.1, -0.05) is 33.8 Å². The summed E-state index contributed by atoms with van der Waals surface area (Å²) in [5, 5.41) is 14.8. The molecule has 39 heavy (non-hydrogen) atoms. The van der Waals surface area contributed by atoms with E-state index < -0.39 is 0 Å². The number of likely N-dealkylation sites (tertiary alicyclic amines) is 1. The van der Waals surface area contributed by atoms with Gasteiger partial charge in [0.1, 0.15) is 11.6 Å². The summed E-state index contributed by atoms with van der Waals surface area (Å²) in [6.07, 6.45) is 2.31. The zero-order valence-corrected chi connectivity index (χ0v) is 23.9. The molecular weight excluding hydrogens is 508 g/mol. The normalized spacial score (nSPS) is 17.6. The molecule has 0 bridgehead atoms. The highest BCUT2D eigenvalue weighted by Gasteiger charge is 2.37. The molecule has 0 aliphatic carbocycles. The molecule has 0 saturated carbocycles. The fourth-order valence-corrected chi connectivity index (χ4v) is 3.77. The molecule has 1 rings (SSSR count). The number of amides is 3. The summed E-state index contributed by atoms with van der Waals surface area (Å²) in [6.45, 7) is 13.7. The lowest BCUT2D eigenvalue weighted by Crippen LogP contribution is -2.37. The van der Waals surface area contributed by atoms with Crippen molar-refractivity contribution in [2.24, 2.45) is 17.3 Å². The van der Waals surface area contributed by atoms with E-state index in [0.29, 0.717) is 98.7 Å². The van der Waals surface area contributed by atoms with Crippen LogP contribution in [0.1, 0.15) is 27.7 Å². The highest BCUT2D eigenvalue weighted by molar-refractivity contribution is 5.98. The van der Waals surface area contributed by atoms with Crippen LogP contribution >= 0.6 is 0 Å². The number of nitriles is 1. The van der Waals surface area contributed by atoms with Crippen LogP contribution in [0.4, 0.5) is 0 Å². The molecule has 12 nitrogen and oxygen atoms in total. The highest BCUT2D eigenvalue weighted by atomic mass is 16.6. The third-order valence-corrected chi connectivity index (χ3v) is 5.67. The minimum Gasteiger partial charge on any atom is -0.377 e. The van der Waals surface area contributed by atoms with Gasteiger partial charge in [-0.3, -0.25) is 14.4 Å². The van der Waals surface area contributed by atoms with Gasteiger partial charge in [0, 0.05) is 26.2 Å². The van der Waals surface area contributed by atoms with Gasteiger partial charge in [-0.05, 0) is 11.3 Å². The number of nitrogens with zero attached hydrogens (tertiary/aromatic N) is 2. The molecule has 1 aliphatic rings. The minimum atomic E-state index is -0.320. The van der Waals surface area contributed by atoms with Crippen LogP contribution < -0.4 is 10.6 Å². The first-order valence-corrected chi connectivity index (χ1v) is 13.4. The molecule has 3 amide bonds. The highest BCUT2D eigenvalue weighted by Crippen LogP contribution is 2.26. The Morgan fingerprint density at radius 2 is 1.36 bits per heavy atom. The first-order valence-electron chi connectivity index (χ1n) is 13.4. The Kier molecular flexibility index (Phi) is 18.0. The molecule has 0 aromatic rings. The molecule has 1 saturated heterocycles. The van der Waals surface area contributed by atoms with Gasteiger partial charge in [0.25, 0.3) is 5.91 Å². The first-order chi connectivity index (χ1) is 18.7. The number of carbonyl (C=O) groups is 3. The number of hydrogen-bond donors (Lipinski definition) is 2. The topological polar surface area (TPSA) is 148 Å². The van der Waals surface area contributed by atoms with Gasteiger partial charge in [0.05, 0.1) is 72.0 Å². The summed E-state index contributed by atoms with van der Waals surface area (Å²) in [6, 6.07) is 2.00. The maximum Gasteiger partial charge on any atom is 0.264 e. The summed E-state index contributed by atoms with van der Waals surface area (Å²) < 4.78 is 27.0. The van der Waals surface area contributed by atoms with Crippen molar-refractivity contribution in [3.05, 3.63) is 11.6 Å². The molecule has 0 aromatic carbocycles.